The molecule has 0 spiro atoms. The molecule has 1 aromatic heterocycles. The fourth-order valence-corrected chi connectivity index (χ4v) is 1.83. The molecule has 0 fully saturated rings. The highest BCUT2D eigenvalue weighted by Crippen LogP contribution is 2.38. The Hall–Kier alpha value is -2.67. The van der Waals surface area contributed by atoms with Gasteiger partial charge in [0.05, 0.1) is 25.0 Å². The van der Waals surface area contributed by atoms with Crippen LogP contribution in [0.3, 0.4) is 0 Å². The van der Waals surface area contributed by atoms with Gasteiger partial charge in [0.1, 0.15) is 6.54 Å². The highest BCUT2D eigenvalue weighted by atomic mass is 19.4. The number of halogens is 6. The Kier molecular flexibility index (Phi) is 4.97. The van der Waals surface area contributed by atoms with Gasteiger partial charge in [0.2, 0.25) is 5.69 Å². The summed E-state index contributed by atoms with van der Waals surface area (Å²) in [6.07, 6.45) is -10.4. The van der Waals surface area contributed by atoms with Crippen LogP contribution in [0.15, 0.2) is 12.4 Å². The average molecular weight is 334 g/mol. The second-order valence-electron chi connectivity index (χ2n) is 4.71. The topological polar surface area (TPSA) is 37.4 Å². The molecule has 1 aromatic rings. The van der Waals surface area contributed by atoms with Crippen LogP contribution in [-0.2, 0) is 12.7 Å². The van der Waals surface area contributed by atoms with Crippen molar-refractivity contribution < 1.29 is 26.3 Å². The van der Waals surface area contributed by atoms with E-state index in [1.54, 1.807) is 0 Å². The third kappa shape index (κ3) is 4.65. The molecule has 122 valence electrons. The molecule has 10 heteroatoms. The maximum absolute atomic E-state index is 12.7. The van der Waals surface area contributed by atoms with Gasteiger partial charge in [-0.3, -0.25) is 4.85 Å². The molecule has 0 saturated carbocycles. The van der Waals surface area contributed by atoms with E-state index >= 15 is 0 Å². The van der Waals surface area contributed by atoms with E-state index in [0.29, 0.717) is 6.20 Å². The predicted octanol–water partition coefficient (Wildman–Crippen LogP) is 4.58. The molecule has 0 bridgehead atoms. The van der Waals surface area contributed by atoms with Crippen LogP contribution in [0, 0.1) is 24.5 Å². The van der Waals surface area contributed by atoms with Crippen LogP contribution < -0.4 is 0 Å². The summed E-state index contributed by atoms with van der Waals surface area (Å²) < 4.78 is 75.7. The Morgan fingerprint density at radius 2 is 1.70 bits per heavy atom. The van der Waals surface area contributed by atoms with E-state index in [0.717, 1.165) is 10.8 Å². The monoisotopic (exact) mass is 334 g/mol. The third-order valence-electron chi connectivity index (χ3n) is 2.97. The number of nitrogens with zero attached hydrogens (tertiary/aromatic N) is 4. The van der Waals surface area contributed by atoms with Crippen molar-refractivity contribution in [3.63, 3.8) is 0 Å². The van der Waals surface area contributed by atoms with Crippen LogP contribution in [-0.4, -0.2) is 16.3 Å². The Labute approximate surface area is 127 Å². The van der Waals surface area contributed by atoms with Gasteiger partial charge >= 0.3 is 17.9 Å². The lowest BCUT2D eigenvalue weighted by molar-refractivity contribution is -0.137. The number of alkyl halides is 6. The SMILES string of the molecule is [C-]#[N+]c1cn(CC(C#N)(CCC(F)(F)F)[N+]#[C-])cc1C(F)(F)F. The first kappa shape index (κ1) is 18.4. The Balaban J connectivity index is 3.13. The van der Waals surface area contributed by atoms with Gasteiger partial charge in [-0.25, -0.2) is 11.4 Å². The maximum Gasteiger partial charge on any atom is 0.408 e. The van der Waals surface area contributed by atoms with Crippen molar-refractivity contribution in [1.29, 1.82) is 5.26 Å². The minimum Gasteiger partial charge on any atom is -0.356 e. The predicted molar refractivity (Wildman–Crippen MR) is 65.9 cm³/mol. The molecule has 1 heterocycles. The summed E-state index contributed by atoms with van der Waals surface area (Å²) in [5, 5.41) is 9.00. The minimum atomic E-state index is -4.81. The zero-order valence-corrected chi connectivity index (χ0v) is 11.3. The third-order valence-corrected chi connectivity index (χ3v) is 2.97. The summed E-state index contributed by atoms with van der Waals surface area (Å²) >= 11 is 0. The Morgan fingerprint density at radius 3 is 2.04 bits per heavy atom. The maximum atomic E-state index is 12.7. The highest BCUT2D eigenvalue weighted by Gasteiger charge is 2.43. The molecule has 0 amide bonds. The van der Waals surface area contributed by atoms with Crippen LogP contribution in [0.4, 0.5) is 32.0 Å². The molecule has 4 nitrogen and oxygen atoms in total. The summed E-state index contributed by atoms with van der Waals surface area (Å²) in [5.74, 6) is 0. The summed E-state index contributed by atoms with van der Waals surface area (Å²) in [6.45, 7) is 12.9. The van der Waals surface area contributed by atoms with Gasteiger partial charge in [0.25, 0.3) is 0 Å². The van der Waals surface area contributed by atoms with Crippen LogP contribution in [0.25, 0.3) is 9.69 Å². The minimum absolute atomic E-state index is 0.512. The molecular weight excluding hydrogens is 326 g/mol. The van der Waals surface area contributed by atoms with Gasteiger partial charge < -0.3 is 4.57 Å². The first-order chi connectivity index (χ1) is 10.5. The normalized spacial score (nSPS) is 14.4. The van der Waals surface area contributed by atoms with Crippen LogP contribution in [0.1, 0.15) is 18.4 Å². The summed E-state index contributed by atoms with van der Waals surface area (Å²) in [5.41, 5.74) is -4.17. The van der Waals surface area contributed by atoms with Crippen molar-refractivity contribution in [2.45, 2.75) is 37.3 Å². The molecule has 1 unspecified atom stereocenters. The van der Waals surface area contributed by atoms with E-state index in [2.05, 4.69) is 9.69 Å². The van der Waals surface area contributed by atoms with Gasteiger partial charge in [-0.05, 0) is 0 Å². The molecule has 0 N–H and O–H groups in total. The summed E-state index contributed by atoms with van der Waals surface area (Å²) in [4.78, 5) is 5.57. The number of rotatable bonds is 4. The largest absolute Gasteiger partial charge is 0.408 e. The molecule has 23 heavy (non-hydrogen) atoms. The molecule has 0 radical (unpaired) electrons. The molecule has 0 aliphatic heterocycles. The van der Waals surface area contributed by atoms with E-state index in [1.165, 1.54) is 6.07 Å². The molecule has 1 atom stereocenters. The lowest BCUT2D eigenvalue weighted by atomic mass is 9.95. The first-order valence-electron chi connectivity index (χ1n) is 5.97. The van der Waals surface area contributed by atoms with Crippen molar-refractivity contribution in [2.24, 2.45) is 0 Å². The van der Waals surface area contributed by atoms with Crippen LogP contribution >= 0.6 is 0 Å². The summed E-state index contributed by atoms with van der Waals surface area (Å²) in [7, 11) is 0. The molecule has 0 saturated heterocycles. The molecule has 0 aliphatic carbocycles. The van der Waals surface area contributed by atoms with E-state index < -0.39 is 48.5 Å². The van der Waals surface area contributed by atoms with Crippen molar-refractivity contribution in [1.82, 2.24) is 4.57 Å². The zero-order valence-electron chi connectivity index (χ0n) is 11.3. The van der Waals surface area contributed by atoms with Crippen LogP contribution in [0.2, 0.25) is 0 Å². The summed E-state index contributed by atoms with van der Waals surface area (Å²) in [6, 6.07) is 1.44. The molecule has 1 rings (SSSR count). The van der Waals surface area contributed by atoms with Crippen LogP contribution in [0.5, 0.6) is 0 Å². The molecule has 0 aromatic carbocycles. The van der Waals surface area contributed by atoms with Crippen molar-refractivity contribution >= 4 is 5.69 Å². The highest BCUT2D eigenvalue weighted by molar-refractivity contribution is 5.52. The number of nitriles is 1. The van der Waals surface area contributed by atoms with Gasteiger partial charge in [-0.2, -0.15) is 31.6 Å². The van der Waals surface area contributed by atoms with Crippen molar-refractivity contribution in [3.05, 3.63) is 40.8 Å². The van der Waals surface area contributed by atoms with Crippen molar-refractivity contribution in [2.75, 3.05) is 0 Å². The van der Waals surface area contributed by atoms with E-state index in [4.69, 9.17) is 18.4 Å². The lowest BCUT2D eigenvalue weighted by Gasteiger charge is -2.16. The van der Waals surface area contributed by atoms with Crippen molar-refractivity contribution in [3.8, 4) is 6.07 Å². The lowest BCUT2D eigenvalue weighted by Crippen LogP contribution is -2.30. The zero-order chi connectivity index (χ0) is 17.9. The Morgan fingerprint density at radius 1 is 1.09 bits per heavy atom. The number of aromatic nitrogens is 1. The fourth-order valence-electron chi connectivity index (χ4n) is 1.83. The second kappa shape index (κ2) is 6.21. The van der Waals surface area contributed by atoms with Gasteiger partial charge in [-0.1, -0.05) is 0 Å². The smallest absolute Gasteiger partial charge is 0.356 e. The fraction of sp³-hybridized carbons (Fsp3) is 0.462. The van der Waals surface area contributed by atoms with E-state index in [1.807, 2.05) is 0 Å². The number of hydrogen-bond acceptors (Lipinski definition) is 1. The van der Waals surface area contributed by atoms with Gasteiger partial charge in [0.15, 0.2) is 6.07 Å². The molecular formula is C13H8F6N4. The number of hydrogen-bond donors (Lipinski definition) is 0. The average Bonchev–Trinajstić information content (AvgIpc) is 2.85. The first-order valence-corrected chi connectivity index (χ1v) is 5.97. The van der Waals surface area contributed by atoms with Gasteiger partial charge in [0, 0.05) is 12.4 Å². The van der Waals surface area contributed by atoms with Gasteiger partial charge in [-0.15, -0.1) is 0 Å². The quantitative estimate of drug-likeness (QED) is 0.586. The standard InChI is InChI=1S/C13H8F6N4/c1-21-10-6-23(5-9(10)13(17,18)19)8-11(7-20,22-2)3-4-12(14,15)16/h5-6H,3-4,8H2. The second-order valence-corrected chi connectivity index (χ2v) is 4.71. The van der Waals surface area contributed by atoms with E-state index in [9.17, 15) is 26.3 Å². The molecule has 0 aliphatic rings. The van der Waals surface area contributed by atoms with E-state index in [-0.39, 0.29) is 0 Å². The Bertz CT molecular complexity index is 678.